The molecule has 0 spiro atoms. The smallest absolute Gasteiger partial charge is 0.246 e. The van der Waals surface area contributed by atoms with Crippen molar-refractivity contribution in [3.8, 4) is 0 Å². The van der Waals surface area contributed by atoms with Gasteiger partial charge in [0, 0.05) is 55.5 Å². The van der Waals surface area contributed by atoms with Crippen molar-refractivity contribution in [1.29, 1.82) is 5.41 Å². The van der Waals surface area contributed by atoms with Crippen molar-refractivity contribution in [2.24, 2.45) is 5.41 Å². The van der Waals surface area contributed by atoms with Crippen LogP contribution in [0.4, 0.5) is 0 Å². The number of aryl methyl sites for hydroxylation is 1. The van der Waals surface area contributed by atoms with E-state index < -0.39 is 11.5 Å². The standard InChI is InChI=1S/C44H65N5O9/c1-33-7-5-17-49(33)43(52)42(44(2,3)4)48-40(51)32-58-28-27-57-26-25-56-24-23-55-22-21-54-20-19-53-18-6-14-47-41(34-12-15-46-16-13-34)39(30-45)36-10-11-38-35(29-36)8-9-37(38)31-50/h10-13,15-16,29-31,33,42,45,47,50H,5-9,14,17-28,32H2,1-4H3,(H,48,51)/b37-31+,41-39+,45-30?/t33-,42?/m1/s1. The van der Waals surface area contributed by atoms with Gasteiger partial charge < -0.3 is 54.5 Å². The second-order valence-corrected chi connectivity index (χ2v) is 15.5. The number of benzene rings is 1. The number of hydrogen-bond acceptors (Lipinski definition) is 12. The van der Waals surface area contributed by atoms with Crippen molar-refractivity contribution in [2.75, 3.05) is 92.4 Å². The number of allylic oxidation sites excluding steroid dienone is 2. The molecule has 0 saturated carbocycles. The Kier molecular flexibility index (Phi) is 20.3. The van der Waals surface area contributed by atoms with Gasteiger partial charge in [0.2, 0.25) is 11.8 Å². The summed E-state index contributed by atoms with van der Waals surface area (Å²) in [5.41, 5.74) is 6.34. The van der Waals surface area contributed by atoms with Crippen molar-refractivity contribution >= 4 is 34.9 Å². The Morgan fingerprint density at radius 1 is 0.879 bits per heavy atom. The molecular formula is C44H65N5O9. The Hall–Kier alpha value is -4.18. The third-order valence-electron chi connectivity index (χ3n) is 10.1. The molecule has 2 atom stereocenters. The van der Waals surface area contributed by atoms with E-state index >= 15 is 0 Å². The first-order valence-electron chi connectivity index (χ1n) is 20.6. The fourth-order valence-electron chi connectivity index (χ4n) is 6.92. The Balaban J connectivity index is 0.963. The largest absolute Gasteiger partial charge is 0.515 e. The molecule has 14 nitrogen and oxygen atoms in total. The number of amides is 2. The van der Waals surface area contributed by atoms with Gasteiger partial charge >= 0.3 is 0 Å². The van der Waals surface area contributed by atoms with Crippen LogP contribution in [-0.4, -0.2) is 137 Å². The summed E-state index contributed by atoms with van der Waals surface area (Å²) in [5, 5.41) is 24.2. The molecule has 320 valence electrons. The van der Waals surface area contributed by atoms with Gasteiger partial charge in [0.05, 0.1) is 78.0 Å². The first-order valence-corrected chi connectivity index (χ1v) is 20.6. The normalized spacial score (nSPS) is 16.9. The number of carbonyl (C=O) groups is 2. The van der Waals surface area contributed by atoms with Crippen molar-refractivity contribution in [1.82, 2.24) is 20.5 Å². The Morgan fingerprint density at radius 3 is 2.03 bits per heavy atom. The Bertz CT molecular complexity index is 1630. The van der Waals surface area contributed by atoms with E-state index in [4.69, 9.17) is 33.8 Å². The highest BCUT2D eigenvalue weighted by Crippen LogP contribution is 2.34. The zero-order valence-corrected chi connectivity index (χ0v) is 34.9. The van der Waals surface area contributed by atoms with Crippen LogP contribution in [0.15, 0.2) is 49.0 Å². The van der Waals surface area contributed by atoms with Crippen molar-refractivity contribution < 1.29 is 43.1 Å². The average Bonchev–Trinajstić information content (AvgIpc) is 3.85. The maximum absolute atomic E-state index is 13.1. The minimum atomic E-state index is -0.603. The number of nitrogens with one attached hydrogen (secondary N) is 3. The van der Waals surface area contributed by atoms with E-state index in [0.29, 0.717) is 72.6 Å². The summed E-state index contributed by atoms with van der Waals surface area (Å²) >= 11 is 0. The lowest BCUT2D eigenvalue weighted by molar-refractivity contribution is -0.141. The van der Waals surface area contributed by atoms with Crippen LogP contribution in [0.3, 0.4) is 0 Å². The van der Waals surface area contributed by atoms with Crippen molar-refractivity contribution in [2.45, 2.75) is 71.9 Å². The van der Waals surface area contributed by atoms with Gasteiger partial charge in [0.25, 0.3) is 0 Å². The number of nitrogens with zero attached hydrogens (tertiary/aromatic N) is 2. The van der Waals surface area contributed by atoms with E-state index in [2.05, 4.69) is 28.6 Å². The molecule has 58 heavy (non-hydrogen) atoms. The molecule has 0 radical (unpaired) electrons. The van der Waals surface area contributed by atoms with Crippen LogP contribution < -0.4 is 10.6 Å². The van der Waals surface area contributed by atoms with Gasteiger partial charge in [-0.3, -0.25) is 14.6 Å². The molecule has 4 rings (SSSR count). The molecule has 1 unspecified atom stereocenters. The summed E-state index contributed by atoms with van der Waals surface area (Å²) in [4.78, 5) is 31.7. The third kappa shape index (κ3) is 15.2. The summed E-state index contributed by atoms with van der Waals surface area (Å²) in [6.07, 6.45) is 10.5. The summed E-state index contributed by atoms with van der Waals surface area (Å²) in [7, 11) is 0. The fourth-order valence-corrected chi connectivity index (χ4v) is 6.92. The first kappa shape index (κ1) is 46.5. The van der Waals surface area contributed by atoms with Gasteiger partial charge in [-0.05, 0) is 78.8 Å². The quantitative estimate of drug-likeness (QED) is 0.0540. The van der Waals surface area contributed by atoms with Crippen LogP contribution in [0.25, 0.3) is 16.8 Å². The van der Waals surface area contributed by atoms with Crippen LogP contribution in [0, 0.1) is 10.8 Å². The van der Waals surface area contributed by atoms with E-state index in [9.17, 15) is 14.7 Å². The van der Waals surface area contributed by atoms with Gasteiger partial charge in [-0.25, -0.2) is 0 Å². The minimum Gasteiger partial charge on any atom is -0.515 e. The predicted octanol–water partition coefficient (Wildman–Crippen LogP) is 5.07. The zero-order valence-electron chi connectivity index (χ0n) is 34.9. The highest BCUT2D eigenvalue weighted by Gasteiger charge is 2.38. The number of aromatic nitrogens is 1. The lowest BCUT2D eigenvalue weighted by atomic mass is 9.85. The highest BCUT2D eigenvalue weighted by atomic mass is 16.6. The molecule has 4 N–H and O–H groups in total. The maximum atomic E-state index is 13.1. The van der Waals surface area contributed by atoms with Crippen molar-refractivity contribution in [3.05, 3.63) is 71.2 Å². The molecule has 2 heterocycles. The summed E-state index contributed by atoms with van der Waals surface area (Å²) in [6.45, 7) is 13.9. The first-order chi connectivity index (χ1) is 28.1. The highest BCUT2D eigenvalue weighted by molar-refractivity contribution is 6.18. The van der Waals surface area contributed by atoms with E-state index in [-0.39, 0.29) is 31.1 Å². The molecule has 1 aromatic carbocycles. The number of aliphatic hydroxyl groups excluding tert-OH is 1. The van der Waals surface area contributed by atoms with Crippen LogP contribution in [0.5, 0.6) is 0 Å². The molecule has 14 heteroatoms. The number of hydrogen-bond donors (Lipinski definition) is 4. The number of likely N-dealkylation sites (tertiary alicyclic amines) is 1. The van der Waals surface area contributed by atoms with Gasteiger partial charge in [0.1, 0.15) is 12.6 Å². The number of carbonyl (C=O) groups excluding carboxylic acids is 2. The van der Waals surface area contributed by atoms with Gasteiger partial charge in [-0.2, -0.15) is 0 Å². The number of pyridine rings is 1. The van der Waals surface area contributed by atoms with Crippen LogP contribution in [0.1, 0.15) is 75.6 Å². The van der Waals surface area contributed by atoms with Crippen LogP contribution in [-0.2, 0) is 44.4 Å². The number of ether oxygens (including phenoxy) is 6. The SMILES string of the molecule is C[C@@H]1CCCN1C(=O)C(NC(=O)COCCOCCOCCOCCOCCOCCCN/C(=C(\C=N)c1ccc2c(c1)CC/C2=C\O)c1ccncc1)C(C)(C)C. The number of fused-ring (bicyclic) bond motifs is 1. The number of rotatable bonds is 27. The topological polar surface area (TPSA) is 174 Å². The lowest BCUT2D eigenvalue weighted by Gasteiger charge is -2.35. The molecule has 1 saturated heterocycles. The lowest BCUT2D eigenvalue weighted by Crippen LogP contribution is -2.56. The Labute approximate surface area is 344 Å². The minimum absolute atomic E-state index is 0.0306. The monoisotopic (exact) mass is 807 g/mol. The summed E-state index contributed by atoms with van der Waals surface area (Å²) in [5.74, 6) is -0.344. The maximum Gasteiger partial charge on any atom is 0.246 e. The molecule has 0 bridgehead atoms. The summed E-state index contributed by atoms with van der Waals surface area (Å²) in [6, 6.07) is 9.61. The van der Waals surface area contributed by atoms with Crippen LogP contribution >= 0.6 is 0 Å². The molecule has 1 aliphatic heterocycles. The fraction of sp³-hybridized carbons (Fsp3) is 0.591. The van der Waals surface area contributed by atoms with Gasteiger partial charge in [-0.15, -0.1) is 0 Å². The molecule has 1 aromatic heterocycles. The van der Waals surface area contributed by atoms with Gasteiger partial charge in [-0.1, -0.05) is 39.0 Å². The second-order valence-electron chi connectivity index (χ2n) is 15.5. The molecule has 1 aliphatic carbocycles. The van der Waals surface area contributed by atoms with Gasteiger partial charge in [0.15, 0.2) is 0 Å². The van der Waals surface area contributed by atoms with E-state index in [0.717, 1.165) is 72.2 Å². The molecule has 1 fully saturated rings. The molecule has 2 amide bonds. The number of aliphatic hydroxyl groups is 1. The van der Waals surface area contributed by atoms with E-state index in [1.165, 1.54) is 18.0 Å². The second kappa shape index (κ2) is 25.3. The zero-order chi connectivity index (χ0) is 41.6. The predicted molar refractivity (Wildman–Crippen MR) is 225 cm³/mol. The summed E-state index contributed by atoms with van der Waals surface area (Å²) < 4.78 is 33.5. The van der Waals surface area contributed by atoms with E-state index in [1.54, 1.807) is 12.4 Å². The molecule has 2 aliphatic rings. The molecule has 2 aromatic rings. The molecular weight excluding hydrogens is 743 g/mol. The third-order valence-corrected chi connectivity index (χ3v) is 10.1. The average molecular weight is 808 g/mol. The van der Waals surface area contributed by atoms with E-state index in [1.807, 2.05) is 49.9 Å². The van der Waals surface area contributed by atoms with Crippen LogP contribution in [0.2, 0.25) is 0 Å². The van der Waals surface area contributed by atoms with Crippen molar-refractivity contribution in [3.63, 3.8) is 0 Å². The Morgan fingerprint density at radius 2 is 1.48 bits per heavy atom.